The molecule has 0 atom stereocenters. The maximum Gasteiger partial charge on any atom is 0.274 e. The second-order valence-electron chi connectivity index (χ2n) is 6.45. The summed E-state index contributed by atoms with van der Waals surface area (Å²) in [7, 11) is 0. The van der Waals surface area contributed by atoms with Crippen molar-refractivity contribution >= 4 is 17.2 Å². The molecule has 1 aromatic heterocycles. The smallest absolute Gasteiger partial charge is 0.274 e. The summed E-state index contributed by atoms with van der Waals surface area (Å²) in [4.78, 5) is 22.6. The molecule has 0 N–H and O–H groups in total. The van der Waals surface area contributed by atoms with Crippen LogP contribution < -0.4 is 0 Å². The van der Waals surface area contributed by atoms with Gasteiger partial charge < -0.3 is 4.90 Å². The number of carbonyl (C=O) groups excluding carboxylic acids is 1. The molecule has 0 radical (unpaired) electrons. The molecule has 1 saturated heterocycles. The lowest BCUT2D eigenvalue weighted by atomic mass is 10.1. The largest absolute Gasteiger partial charge is 0.335 e. The Labute approximate surface area is 157 Å². The molecule has 3 aromatic rings. The van der Waals surface area contributed by atoms with Gasteiger partial charge in [0.15, 0.2) is 0 Å². The van der Waals surface area contributed by atoms with Crippen molar-refractivity contribution in [3.63, 3.8) is 0 Å². The molecule has 0 aliphatic carbocycles. The highest BCUT2D eigenvalue weighted by Gasteiger charge is 2.25. The fraction of sp³-hybridized carbons (Fsp3) is 0.238. The second-order valence-corrected chi connectivity index (χ2v) is 7.30. The zero-order valence-electron chi connectivity index (χ0n) is 14.5. The standard InChI is InChI=1S/C21H21N3OS/c25-21(19-20(26-16-22-19)18-9-5-2-6-10-18)24-13-11-23(12-14-24)15-17-7-3-1-4-8-17/h1-10,16H,11-15H2. The van der Waals surface area contributed by atoms with E-state index in [0.717, 1.165) is 43.2 Å². The minimum Gasteiger partial charge on any atom is -0.335 e. The molecule has 0 unspecified atom stereocenters. The van der Waals surface area contributed by atoms with Gasteiger partial charge in [-0.05, 0) is 11.1 Å². The van der Waals surface area contributed by atoms with Crippen molar-refractivity contribution in [1.82, 2.24) is 14.8 Å². The third kappa shape index (κ3) is 3.69. The van der Waals surface area contributed by atoms with Crippen LogP contribution in [-0.2, 0) is 6.54 Å². The summed E-state index contributed by atoms with van der Waals surface area (Å²) >= 11 is 1.53. The Morgan fingerprint density at radius 1 is 0.923 bits per heavy atom. The minimum atomic E-state index is 0.0458. The fourth-order valence-corrected chi connectivity index (χ4v) is 4.08. The van der Waals surface area contributed by atoms with Gasteiger partial charge in [-0.15, -0.1) is 11.3 Å². The van der Waals surface area contributed by atoms with E-state index < -0.39 is 0 Å². The Morgan fingerprint density at radius 3 is 2.27 bits per heavy atom. The van der Waals surface area contributed by atoms with E-state index in [1.54, 1.807) is 5.51 Å². The van der Waals surface area contributed by atoms with Gasteiger partial charge in [0, 0.05) is 32.7 Å². The van der Waals surface area contributed by atoms with E-state index in [9.17, 15) is 4.79 Å². The number of piperazine rings is 1. The summed E-state index contributed by atoms with van der Waals surface area (Å²) in [5, 5.41) is 0. The van der Waals surface area contributed by atoms with Crippen molar-refractivity contribution in [2.24, 2.45) is 0 Å². The summed E-state index contributed by atoms with van der Waals surface area (Å²) in [5.74, 6) is 0.0458. The second kappa shape index (κ2) is 7.81. The Morgan fingerprint density at radius 2 is 1.58 bits per heavy atom. The van der Waals surface area contributed by atoms with Gasteiger partial charge in [0.1, 0.15) is 5.69 Å². The van der Waals surface area contributed by atoms with Crippen LogP contribution in [0.15, 0.2) is 66.2 Å². The molecular weight excluding hydrogens is 342 g/mol. The average molecular weight is 363 g/mol. The van der Waals surface area contributed by atoms with E-state index in [1.807, 2.05) is 41.3 Å². The molecule has 1 fully saturated rings. The monoisotopic (exact) mass is 363 g/mol. The third-order valence-electron chi connectivity index (χ3n) is 4.71. The number of carbonyl (C=O) groups is 1. The van der Waals surface area contributed by atoms with Gasteiger partial charge in [-0.1, -0.05) is 60.7 Å². The normalized spacial score (nSPS) is 15.2. The van der Waals surface area contributed by atoms with Crippen molar-refractivity contribution in [2.75, 3.05) is 26.2 Å². The molecule has 26 heavy (non-hydrogen) atoms. The quantitative estimate of drug-likeness (QED) is 0.708. The third-order valence-corrected chi connectivity index (χ3v) is 5.59. The van der Waals surface area contributed by atoms with E-state index in [-0.39, 0.29) is 5.91 Å². The number of aromatic nitrogens is 1. The highest BCUT2D eigenvalue weighted by Crippen LogP contribution is 2.28. The minimum absolute atomic E-state index is 0.0458. The predicted octanol–water partition coefficient (Wildman–Crippen LogP) is 3.77. The Balaban J connectivity index is 1.41. The molecule has 4 rings (SSSR count). The van der Waals surface area contributed by atoms with E-state index in [2.05, 4.69) is 34.1 Å². The molecular formula is C21H21N3OS. The fourth-order valence-electron chi connectivity index (χ4n) is 3.29. The number of hydrogen-bond donors (Lipinski definition) is 0. The molecule has 2 aromatic carbocycles. The molecule has 132 valence electrons. The number of rotatable bonds is 4. The zero-order chi connectivity index (χ0) is 17.8. The molecule has 1 amide bonds. The highest BCUT2D eigenvalue weighted by molar-refractivity contribution is 7.13. The number of nitrogens with zero attached hydrogens (tertiary/aromatic N) is 3. The van der Waals surface area contributed by atoms with E-state index in [0.29, 0.717) is 5.69 Å². The highest BCUT2D eigenvalue weighted by atomic mass is 32.1. The first-order valence-electron chi connectivity index (χ1n) is 8.86. The summed E-state index contributed by atoms with van der Waals surface area (Å²) in [6.07, 6.45) is 0. The first-order valence-corrected chi connectivity index (χ1v) is 9.74. The van der Waals surface area contributed by atoms with Crippen LogP contribution in [0.25, 0.3) is 10.4 Å². The molecule has 2 heterocycles. The molecule has 0 spiro atoms. The molecule has 0 saturated carbocycles. The van der Waals surface area contributed by atoms with Crippen LogP contribution in [0.4, 0.5) is 0 Å². The van der Waals surface area contributed by atoms with Crippen molar-refractivity contribution in [3.8, 4) is 10.4 Å². The van der Waals surface area contributed by atoms with Crippen molar-refractivity contribution in [3.05, 3.63) is 77.4 Å². The maximum absolute atomic E-state index is 13.0. The van der Waals surface area contributed by atoms with Crippen LogP contribution in [-0.4, -0.2) is 46.9 Å². The van der Waals surface area contributed by atoms with Gasteiger partial charge in [0.2, 0.25) is 0 Å². The first-order chi connectivity index (χ1) is 12.8. The number of benzene rings is 2. The van der Waals surface area contributed by atoms with Gasteiger partial charge in [0.05, 0.1) is 10.4 Å². The number of thiazole rings is 1. The lowest BCUT2D eigenvalue weighted by molar-refractivity contribution is 0.0624. The van der Waals surface area contributed by atoms with Gasteiger partial charge in [-0.2, -0.15) is 0 Å². The van der Waals surface area contributed by atoms with Crippen molar-refractivity contribution in [2.45, 2.75) is 6.54 Å². The molecule has 4 nitrogen and oxygen atoms in total. The van der Waals surface area contributed by atoms with E-state index in [1.165, 1.54) is 16.9 Å². The Bertz CT molecular complexity index is 855. The average Bonchev–Trinajstić information content (AvgIpc) is 3.19. The van der Waals surface area contributed by atoms with Crippen LogP contribution in [0.5, 0.6) is 0 Å². The van der Waals surface area contributed by atoms with Crippen molar-refractivity contribution in [1.29, 1.82) is 0 Å². The van der Waals surface area contributed by atoms with Gasteiger partial charge >= 0.3 is 0 Å². The topological polar surface area (TPSA) is 36.4 Å². The Hall–Kier alpha value is -2.50. The van der Waals surface area contributed by atoms with Gasteiger partial charge in [0.25, 0.3) is 5.91 Å². The summed E-state index contributed by atoms with van der Waals surface area (Å²) in [6.45, 7) is 4.22. The van der Waals surface area contributed by atoms with Crippen LogP contribution >= 0.6 is 11.3 Å². The summed E-state index contributed by atoms with van der Waals surface area (Å²) in [5.41, 5.74) is 4.72. The van der Waals surface area contributed by atoms with Gasteiger partial charge in [-0.3, -0.25) is 9.69 Å². The Kier molecular flexibility index (Phi) is 5.09. The first kappa shape index (κ1) is 16.9. The number of amides is 1. The predicted molar refractivity (Wildman–Crippen MR) is 105 cm³/mol. The van der Waals surface area contributed by atoms with E-state index >= 15 is 0 Å². The van der Waals surface area contributed by atoms with Crippen LogP contribution in [0, 0.1) is 0 Å². The van der Waals surface area contributed by atoms with Crippen LogP contribution in [0.1, 0.15) is 16.1 Å². The lowest BCUT2D eigenvalue weighted by Crippen LogP contribution is -2.48. The molecule has 0 bridgehead atoms. The number of hydrogen-bond acceptors (Lipinski definition) is 4. The summed E-state index contributed by atoms with van der Waals surface area (Å²) < 4.78 is 0. The van der Waals surface area contributed by atoms with Gasteiger partial charge in [-0.25, -0.2) is 4.98 Å². The maximum atomic E-state index is 13.0. The van der Waals surface area contributed by atoms with Crippen LogP contribution in [0.2, 0.25) is 0 Å². The lowest BCUT2D eigenvalue weighted by Gasteiger charge is -2.34. The SMILES string of the molecule is O=C(c1ncsc1-c1ccccc1)N1CCN(Cc2ccccc2)CC1. The molecule has 1 aliphatic heterocycles. The summed E-state index contributed by atoms with van der Waals surface area (Å²) in [6, 6.07) is 20.5. The zero-order valence-corrected chi connectivity index (χ0v) is 15.4. The van der Waals surface area contributed by atoms with Crippen molar-refractivity contribution < 1.29 is 4.79 Å². The van der Waals surface area contributed by atoms with E-state index in [4.69, 9.17) is 0 Å². The molecule has 5 heteroatoms. The van der Waals surface area contributed by atoms with Crippen LogP contribution in [0.3, 0.4) is 0 Å². The molecule has 1 aliphatic rings.